The van der Waals surface area contributed by atoms with Crippen molar-refractivity contribution in [3.05, 3.63) is 0 Å². The van der Waals surface area contributed by atoms with E-state index in [4.69, 9.17) is 0 Å². The molecule has 1 amide bonds. The highest BCUT2D eigenvalue weighted by Gasteiger charge is 2.54. The zero-order valence-electron chi connectivity index (χ0n) is 7.15. The molecule has 2 rings (SSSR count). The van der Waals surface area contributed by atoms with Crippen LogP contribution in [0.25, 0.3) is 0 Å². The number of nitrogens with one attached hydrogen (secondary N) is 2. The molecule has 2 unspecified atom stereocenters. The number of fused-ring (bicyclic) bond motifs is 1. The Hall–Kier alpha value is -0.710. The van der Waals surface area contributed by atoms with E-state index in [1.807, 2.05) is 0 Å². The summed E-state index contributed by atoms with van der Waals surface area (Å²) in [5.41, 5.74) is -1.14. The normalized spacial score (nSPS) is 39.0. The Labute approximate surface area is 74.9 Å². The first-order valence-corrected chi connectivity index (χ1v) is 4.43. The lowest BCUT2D eigenvalue weighted by atomic mass is 9.77. The summed E-state index contributed by atoms with van der Waals surface area (Å²) >= 11 is 0. The molecule has 2 saturated heterocycles. The number of halogens is 2. The number of rotatable bonds is 1. The van der Waals surface area contributed by atoms with E-state index in [1.165, 1.54) is 0 Å². The van der Waals surface area contributed by atoms with Gasteiger partial charge in [-0.1, -0.05) is 0 Å². The van der Waals surface area contributed by atoms with E-state index in [0.717, 1.165) is 0 Å². The number of carbonyl (C=O) groups is 1. The first kappa shape index (κ1) is 8.87. The second kappa shape index (κ2) is 2.90. The molecule has 2 N–H and O–H groups in total. The molecule has 2 aliphatic rings. The monoisotopic (exact) mass is 190 g/mol. The summed E-state index contributed by atoms with van der Waals surface area (Å²) in [6.45, 7) is 0.952. The third kappa shape index (κ3) is 1.22. The minimum Gasteiger partial charge on any atom is -0.352 e. The van der Waals surface area contributed by atoms with Gasteiger partial charge >= 0.3 is 0 Å². The highest BCUT2D eigenvalue weighted by Crippen LogP contribution is 2.40. The summed E-state index contributed by atoms with van der Waals surface area (Å²) < 4.78 is 25.6. The Balaban J connectivity index is 2.24. The molecular weight excluding hydrogens is 178 g/mol. The lowest BCUT2D eigenvalue weighted by Gasteiger charge is -2.37. The Morgan fingerprint density at radius 1 is 1.54 bits per heavy atom. The smallest absolute Gasteiger partial charge is 0.247 e. The summed E-state index contributed by atoms with van der Waals surface area (Å²) in [6, 6.07) is -0.332. The van der Waals surface area contributed by atoms with Crippen molar-refractivity contribution in [3.63, 3.8) is 0 Å². The molecule has 0 aromatic heterocycles. The van der Waals surface area contributed by atoms with Crippen LogP contribution in [0.2, 0.25) is 0 Å². The van der Waals surface area contributed by atoms with Gasteiger partial charge in [-0.05, 0) is 13.0 Å². The van der Waals surface area contributed by atoms with Gasteiger partial charge in [0.1, 0.15) is 0 Å². The van der Waals surface area contributed by atoms with Crippen molar-refractivity contribution < 1.29 is 13.6 Å². The lowest BCUT2D eigenvalue weighted by Crippen LogP contribution is -2.54. The van der Waals surface area contributed by atoms with Gasteiger partial charge in [0.2, 0.25) is 12.3 Å². The molecule has 5 heteroatoms. The number of hydrogen-bond acceptors (Lipinski definition) is 2. The second-order valence-electron chi connectivity index (χ2n) is 3.80. The van der Waals surface area contributed by atoms with Gasteiger partial charge in [-0.25, -0.2) is 8.78 Å². The molecule has 0 aromatic carbocycles. The van der Waals surface area contributed by atoms with Crippen molar-refractivity contribution in [3.8, 4) is 0 Å². The molecule has 0 aliphatic carbocycles. The van der Waals surface area contributed by atoms with E-state index >= 15 is 0 Å². The van der Waals surface area contributed by atoms with E-state index in [1.54, 1.807) is 0 Å². The van der Waals surface area contributed by atoms with E-state index in [2.05, 4.69) is 10.6 Å². The molecule has 0 spiro atoms. The molecule has 0 aromatic rings. The quantitative estimate of drug-likeness (QED) is 0.616. The van der Waals surface area contributed by atoms with Crippen molar-refractivity contribution in [2.24, 2.45) is 5.41 Å². The Morgan fingerprint density at radius 3 is 2.92 bits per heavy atom. The Bertz CT molecular complexity index is 234. The average Bonchev–Trinajstić information content (AvgIpc) is 2.41. The topological polar surface area (TPSA) is 41.1 Å². The molecule has 3 nitrogen and oxygen atoms in total. The Kier molecular flexibility index (Phi) is 1.98. The number of alkyl halides is 2. The average molecular weight is 190 g/mol. The van der Waals surface area contributed by atoms with Gasteiger partial charge in [0.25, 0.3) is 0 Å². The molecule has 2 fully saturated rings. The van der Waals surface area contributed by atoms with Crippen LogP contribution in [0, 0.1) is 5.41 Å². The maximum atomic E-state index is 12.8. The zero-order valence-corrected chi connectivity index (χ0v) is 7.15. The summed E-state index contributed by atoms with van der Waals surface area (Å²) in [7, 11) is 0. The molecule has 0 saturated carbocycles. The number of piperidine rings is 1. The van der Waals surface area contributed by atoms with Crippen molar-refractivity contribution in [1.82, 2.24) is 10.6 Å². The van der Waals surface area contributed by atoms with Crippen LogP contribution in [-0.4, -0.2) is 31.5 Å². The molecule has 74 valence electrons. The lowest BCUT2D eigenvalue weighted by molar-refractivity contribution is -0.120. The van der Waals surface area contributed by atoms with Crippen LogP contribution in [0.5, 0.6) is 0 Å². The van der Waals surface area contributed by atoms with Gasteiger partial charge in [-0.2, -0.15) is 0 Å². The van der Waals surface area contributed by atoms with Crippen LogP contribution in [0.1, 0.15) is 12.8 Å². The van der Waals surface area contributed by atoms with E-state index in [9.17, 15) is 13.6 Å². The molecule has 0 bridgehead atoms. The third-order valence-electron chi connectivity index (χ3n) is 3.02. The number of hydrogen-bond donors (Lipinski definition) is 2. The molecule has 2 heterocycles. The maximum Gasteiger partial charge on any atom is 0.247 e. The second-order valence-corrected chi connectivity index (χ2v) is 3.80. The fourth-order valence-corrected chi connectivity index (χ4v) is 2.23. The van der Waals surface area contributed by atoms with Crippen LogP contribution in [0.4, 0.5) is 8.78 Å². The third-order valence-corrected chi connectivity index (χ3v) is 3.02. The summed E-state index contributed by atoms with van der Waals surface area (Å²) in [4.78, 5) is 11.0. The molecular formula is C8H12F2N2O. The van der Waals surface area contributed by atoms with Crippen LogP contribution in [0.15, 0.2) is 0 Å². The standard InChI is InChI=1S/C8H12F2N2O/c9-7(10)8-3-6(13)12-5(8)1-2-11-4-8/h5,7,11H,1-4H2,(H,12,13). The van der Waals surface area contributed by atoms with Crippen molar-refractivity contribution in [2.45, 2.75) is 25.3 Å². The molecule has 13 heavy (non-hydrogen) atoms. The van der Waals surface area contributed by atoms with Gasteiger partial charge in [0, 0.05) is 19.0 Å². The first-order valence-electron chi connectivity index (χ1n) is 4.43. The van der Waals surface area contributed by atoms with Gasteiger partial charge < -0.3 is 10.6 Å². The minimum atomic E-state index is -2.43. The summed E-state index contributed by atoms with van der Waals surface area (Å²) in [6.07, 6.45) is -1.86. The van der Waals surface area contributed by atoms with E-state index < -0.39 is 11.8 Å². The van der Waals surface area contributed by atoms with Crippen LogP contribution < -0.4 is 10.6 Å². The SMILES string of the molecule is O=C1CC2(C(F)F)CNCCC2N1. The molecule has 2 atom stereocenters. The summed E-state index contributed by atoms with van der Waals surface area (Å²) in [5.74, 6) is -0.242. The van der Waals surface area contributed by atoms with Gasteiger partial charge in [-0.3, -0.25) is 4.79 Å². The van der Waals surface area contributed by atoms with E-state index in [0.29, 0.717) is 13.0 Å². The molecule has 0 radical (unpaired) electrons. The van der Waals surface area contributed by atoms with Crippen LogP contribution >= 0.6 is 0 Å². The largest absolute Gasteiger partial charge is 0.352 e. The fourth-order valence-electron chi connectivity index (χ4n) is 2.23. The fraction of sp³-hybridized carbons (Fsp3) is 0.875. The van der Waals surface area contributed by atoms with Gasteiger partial charge in [0.15, 0.2) is 0 Å². The van der Waals surface area contributed by atoms with Crippen LogP contribution in [0.3, 0.4) is 0 Å². The van der Waals surface area contributed by atoms with Crippen molar-refractivity contribution in [1.29, 1.82) is 0 Å². The number of amides is 1. The van der Waals surface area contributed by atoms with E-state index in [-0.39, 0.29) is 24.9 Å². The highest BCUT2D eigenvalue weighted by atomic mass is 19.3. The Morgan fingerprint density at radius 2 is 2.31 bits per heavy atom. The first-order chi connectivity index (χ1) is 6.15. The maximum absolute atomic E-state index is 12.8. The highest BCUT2D eigenvalue weighted by molar-refractivity contribution is 5.80. The minimum absolute atomic E-state index is 0.0394. The van der Waals surface area contributed by atoms with Crippen molar-refractivity contribution in [2.75, 3.05) is 13.1 Å². The van der Waals surface area contributed by atoms with Gasteiger partial charge in [0.05, 0.1) is 5.41 Å². The van der Waals surface area contributed by atoms with Crippen molar-refractivity contribution >= 4 is 5.91 Å². The zero-order chi connectivity index (χ0) is 9.47. The predicted molar refractivity (Wildman–Crippen MR) is 42.5 cm³/mol. The van der Waals surface area contributed by atoms with Gasteiger partial charge in [-0.15, -0.1) is 0 Å². The summed E-state index contributed by atoms with van der Waals surface area (Å²) in [5, 5.41) is 5.55. The molecule has 2 aliphatic heterocycles. The predicted octanol–water partition coefficient (Wildman–Crippen LogP) is 0.120. The van der Waals surface area contributed by atoms with Crippen LogP contribution in [-0.2, 0) is 4.79 Å². The number of carbonyl (C=O) groups excluding carboxylic acids is 1.